The summed E-state index contributed by atoms with van der Waals surface area (Å²) in [6, 6.07) is 34.1. The molecule has 6 heterocycles. The molecule has 2 fully saturated rings. The number of rotatable bonds is 15. The normalized spacial score (nSPS) is 14.2. The van der Waals surface area contributed by atoms with Crippen molar-refractivity contribution >= 4 is 62.2 Å². The first-order valence-corrected chi connectivity index (χ1v) is 26.1. The zero-order valence-electron chi connectivity index (χ0n) is 41.5. The summed E-state index contributed by atoms with van der Waals surface area (Å²) in [6.07, 6.45) is 14.8. The van der Waals surface area contributed by atoms with Crippen LogP contribution in [0.25, 0.3) is 22.2 Å². The van der Waals surface area contributed by atoms with Crippen molar-refractivity contribution in [1.82, 2.24) is 40.4 Å². The number of hydrogen-bond donors (Lipinski definition) is 4. The van der Waals surface area contributed by atoms with Crippen LogP contribution in [0.4, 0.5) is 17.4 Å². The lowest BCUT2D eigenvalue weighted by molar-refractivity contribution is 0.0950. The summed E-state index contributed by atoms with van der Waals surface area (Å²) in [6.45, 7) is 7.26. The van der Waals surface area contributed by atoms with Crippen LogP contribution >= 0.6 is 0 Å². The number of oxazole rings is 2. The average Bonchev–Trinajstić information content (AvgIpc) is 4.04. The van der Waals surface area contributed by atoms with E-state index in [4.69, 9.17) is 24.0 Å². The van der Waals surface area contributed by atoms with Gasteiger partial charge >= 0.3 is 0 Å². The highest BCUT2D eigenvalue weighted by Crippen LogP contribution is 2.30. The molecule has 0 spiro atoms. The summed E-state index contributed by atoms with van der Waals surface area (Å²) in [4.78, 5) is 45.2. The van der Waals surface area contributed by atoms with E-state index in [-0.39, 0.29) is 28.4 Å². The predicted molar refractivity (Wildman–Crippen MR) is 284 cm³/mol. The van der Waals surface area contributed by atoms with Crippen LogP contribution in [0.15, 0.2) is 136 Å². The van der Waals surface area contributed by atoms with Gasteiger partial charge in [0, 0.05) is 81.5 Å². The van der Waals surface area contributed by atoms with Crippen LogP contribution in [0.5, 0.6) is 23.0 Å². The fourth-order valence-corrected chi connectivity index (χ4v) is 8.87. The number of hydrogen-bond acceptors (Lipinski definition) is 15. The van der Waals surface area contributed by atoms with Gasteiger partial charge in [-0.1, -0.05) is 37.1 Å². The number of likely N-dealkylation sites (tertiary alicyclic amines) is 2. The lowest BCUT2D eigenvalue weighted by Crippen LogP contribution is -2.31. The first-order valence-electron chi connectivity index (χ1n) is 24.6. The lowest BCUT2D eigenvalue weighted by Gasteiger charge is -2.26. The number of carbonyl (C=O) groups is 2. The largest absolute Gasteiger partial charge is 0.457 e. The molecular formula is C55H62N10O7S. The van der Waals surface area contributed by atoms with Gasteiger partial charge in [-0.3, -0.25) is 19.6 Å². The van der Waals surface area contributed by atoms with Crippen molar-refractivity contribution < 1.29 is 32.1 Å². The maximum Gasteiger partial charge on any atom is 0.300 e. The second kappa shape index (κ2) is 25.6. The van der Waals surface area contributed by atoms with E-state index in [1.54, 1.807) is 49.5 Å². The Morgan fingerprint density at radius 1 is 0.616 bits per heavy atom. The number of nitrogens with zero attached hydrogens (tertiary/aromatic N) is 6. The van der Waals surface area contributed by atoms with Crippen molar-refractivity contribution in [1.29, 1.82) is 0 Å². The SMILES string of the molecule is CNC(=O)c1cc(Oc2ccc3nc(Nc4cccc(CCN5CCCCC5)c4)oc3c2)ccn1.CNC(=O)c1cc(Oc2ccc3nc(S(C)=O)oc3c2)ccn1.Nc1cccc(CCN2CCCCC2)c1. The van der Waals surface area contributed by atoms with Crippen molar-refractivity contribution in [2.24, 2.45) is 0 Å². The second-order valence-corrected chi connectivity index (χ2v) is 19.0. The van der Waals surface area contributed by atoms with Gasteiger partial charge in [-0.25, -0.2) is 9.19 Å². The molecule has 2 aliphatic rings. The highest BCUT2D eigenvalue weighted by Gasteiger charge is 2.15. The summed E-state index contributed by atoms with van der Waals surface area (Å²) in [5.41, 5.74) is 13.2. The minimum atomic E-state index is -1.29. The minimum Gasteiger partial charge on any atom is -0.457 e. The Kier molecular flexibility index (Phi) is 18.1. The van der Waals surface area contributed by atoms with Gasteiger partial charge in [0.2, 0.25) is 0 Å². The lowest BCUT2D eigenvalue weighted by atomic mass is 10.1. The first kappa shape index (κ1) is 51.7. The fourth-order valence-electron chi connectivity index (χ4n) is 8.44. The molecule has 0 saturated carbocycles. The molecule has 8 aromatic rings. The number of anilines is 3. The first-order chi connectivity index (χ1) is 35.6. The molecule has 2 aliphatic heterocycles. The highest BCUT2D eigenvalue weighted by molar-refractivity contribution is 7.84. The van der Waals surface area contributed by atoms with Crippen LogP contribution in [0, 0.1) is 0 Å². The number of nitrogens with two attached hydrogens (primary N) is 1. The average molecular weight is 1010 g/mol. The van der Waals surface area contributed by atoms with E-state index in [0.717, 1.165) is 36.3 Å². The van der Waals surface area contributed by atoms with Gasteiger partial charge in [0.25, 0.3) is 23.1 Å². The van der Waals surface area contributed by atoms with Crippen molar-refractivity contribution in [3.8, 4) is 23.0 Å². The standard InChI is InChI=1S/C27H29N5O3.C15H13N3O4S.C13H20N2/c1-28-26(33)24-17-22(10-12-29-24)34-21-8-9-23-25(18-21)35-27(31-23)30-20-7-5-6-19(16-20)11-15-32-13-3-2-4-14-32;1-16-14(19)12-7-10(5-6-17-12)21-9-3-4-11-13(8-9)22-15(18-11)23(2)20;14-13-6-4-5-12(11-13)7-10-15-8-2-1-3-9-15/h5-10,12,16-18H,2-4,11,13-15H2,1H3,(H,28,33)(H,30,31);3-8H,1-2H3,(H,16,19);4-6,11H,1-3,7-10,14H2. The van der Waals surface area contributed by atoms with Crippen molar-refractivity contribution in [3.05, 3.63) is 144 Å². The van der Waals surface area contributed by atoms with Gasteiger partial charge in [0.15, 0.2) is 11.2 Å². The molecule has 18 heteroatoms. The van der Waals surface area contributed by atoms with E-state index >= 15 is 0 Å². The molecular weight excluding hydrogens is 945 g/mol. The molecule has 1 atom stereocenters. The molecule has 17 nitrogen and oxygen atoms in total. The van der Waals surface area contributed by atoms with Crippen LogP contribution in [-0.2, 0) is 23.6 Å². The van der Waals surface area contributed by atoms with Gasteiger partial charge in [-0.2, -0.15) is 4.98 Å². The van der Waals surface area contributed by atoms with Gasteiger partial charge in [0.1, 0.15) is 56.2 Å². The Balaban J connectivity index is 0.000000160. The number of benzene rings is 4. The maximum atomic E-state index is 11.8. The third-order valence-corrected chi connectivity index (χ3v) is 12.9. The summed E-state index contributed by atoms with van der Waals surface area (Å²) in [5.74, 6) is 1.50. The Morgan fingerprint density at radius 2 is 1.12 bits per heavy atom. The number of nitrogen functional groups attached to an aromatic ring is 1. The number of aromatic nitrogens is 4. The van der Waals surface area contributed by atoms with Crippen molar-refractivity contribution in [2.45, 2.75) is 56.6 Å². The highest BCUT2D eigenvalue weighted by atomic mass is 32.2. The number of piperidine rings is 2. The number of pyridine rings is 2. The molecule has 0 radical (unpaired) electrons. The number of nitrogens with one attached hydrogen (secondary N) is 3. The number of ether oxygens (including phenoxy) is 2. The molecule has 0 aliphatic carbocycles. The molecule has 4 aromatic heterocycles. The Labute approximate surface area is 427 Å². The molecule has 10 rings (SSSR count). The Bertz CT molecular complexity index is 3130. The molecule has 380 valence electrons. The predicted octanol–water partition coefficient (Wildman–Crippen LogP) is 9.56. The number of amides is 2. The Morgan fingerprint density at radius 3 is 1.66 bits per heavy atom. The molecule has 0 bridgehead atoms. The third-order valence-electron chi connectivity index (χ3n) is 12.3. The molecule has 1 unspecified atom stereocenters. The van der Waals surface area contributed by atoms with Crippen molar-refractivity contribution in [2.75, 3.05) is 70.7 Å². The van der Waals surface area contributed by atoms with Crippen LogP contribution < -0.4 is 31.2 Å². The summed E-state index contributed by atoms with van der Waals surface area (Å²) < 4.78 is 34.4. The van der Waals surface area contributed by atoms with Crippen LogP contribution in [0.1, 0.15) is 70.6 Å². The zero-order valence-corrected chi connectivity index (χ0v) is 42.3. The summed E-state index contributed by atoms with van der Waals surface area (Å²) in [5, 5.41) is 8.51. The molecule has 2 saturated heterocycles. The van der Waals surface area contributed by atoms with Crippen molar-refractivity contribution in [3.63, 3.8) is 0 Å². The fraction of sp³-hybridized carbons (Fsp3) is 0.309. The molecule has 73 heavy (non-hydrogen) atoms. The van der Waals surface area contributed by atoms with E-state index in [0.29, 0.717) is 45.7 Å². The summed E-state index contributed by atoms with van der Waals surface area (Å²) in [7, 11) is 1.81. The van der Waals surface area contributed by atoms with E-state index in [1.807, 2.05) is 30.3 Å². The Hall–Kier alpha value is -7.67. The molecule has 5 N–H and O–H groups in total. The van der Waals surface area contributed by atoms with E-state index in [2.05, 4.69) is 76.0 Å². The third kappa shape index (κ3) is 15.2. The quantitative estimate of drug-likeness (QED) is 0.0704. The minimum absolute atomic E-state index is 0.169. The monoisotopic (exact) mass is 1010 g/mol. The van der Waals surface area contributed by atoms with Gasteiger partial charge < -0.3 is 49.8 Å². The van der Waals surface area contributed by atoms with Gasteiger partial charge in [-0.15, -0.1) is 0 Å². The number of carbonyl (C=O) groups excluding carboxylic acids is 2. The van der Waals surface area contributed by atoms with E-state index in [1.165, 1.54) is 114 Å². The van der Waals surface area contributed by atoms with E-state index < -0.39 is 10.8 Å². The van der Waals surface area contributed by atoms with E-state index in [9.17, 15) is 13.8 Å². The zero-order chi connectivity index (χ0) is 50.9. The maximum absolute atomic E-state index is 11.8. The molecule has 4 aromatic carbocycles. The van der Waals surface area contributed by atoms with Crippen LogP contribution in [-0.4, -0.2) is 105 Å². The topological polar surface area (TPSA) is 216 Å². The molecule has 2 amide bonds. The number of fused-ring (bicyclic) bond motifs is 2. The smallest absolute Gasteiger partial charge is 0.300 e. The van der Waals surface area contributed by atoms with Crippen LogP contribution in [0.3, 0.4) is 0 Å². The van der Waals surface area contributed by atoms with Gasteiger partial charge in [0.05, 0.1) is 0 Å². The second-order valence-electron chi connectivity index (χ2n) is 17.7. The summed E-state index contributed by atoms with van der Waals surface area (Å²) >= 11 is 0. The van der Waals surface area contributed by atoms with Crippen LogP contribution in [0.2, 0.25) is 0 Å². The van der Waals surface area contributed by atoms with Gasteiger partial charge in [-0.05, 0) is 136 Å².